The lowest BCUT2D eigenvalue weighted by atomic mass is 9.84. The van der Waals surface area contributed by atoms with Crippen LogP contribution in [0.3, 0.4) is 0 Å². The fourth-order valence-electron chi connectivity index (χ4n) is 2.92. The molecule has 1 aromatic heterocycles. The molecule has 21 heavy (non-hydrogen) atoms. The molecular weight excluding hydrogens is 296 g/mol. The minimum atomic E-state index is -0.408. The Morgan fingerprint density at radius 1 is 0.762 bits per heavy atom. The van der Waals surface area contributed by atoms with Crippen LogP contribution in [0.4, 0.5) is 0 Å². The van der Waals surface area contributed by atoms with Gasteiger partial charge in [-0.15, -0.1) is 0 Å². The van der Waals surface area contributed by atoms with Gasteiger partial charge in [-0.05, 0) is 22.1 Å². The van der Waals surface area contributed by atoms with Gasteiger partial charge in [0, 0.05) is 10.9 Å². The van der Waals surface area contributed by atoms with Crippen LogP contribution in [0.15, 0.2) is 71.4 Å². The highest BCUT2D eigenvalue weighted by atomic mass is 32.2. The summed E-state index contributed by atoms with van der Waals surface area (Å²) in [6.07, 6.45) is 0. The molecule has 4 rings (SSSR count). The molecule has 3 heteroatoms. The summed E-state index contributed by atoms with van der Waals surface area (Å²) in [6, 6.07) is 20.6. The number of hydrogen-bond donors (Lipinski definition) is 0. The zero-order valence-electron chi connectivity index (χ0n) is 11.2. The topological polar surface area (TPSA) is 17.1 Å². The maximum atomic E-state index is 12.5. The maximum absolute atomic E-state index is 12.5. The minimum Gasteiger partial charge on any atom is -0.281 e. The summed E-state index contributed by atoms with van der Waals surface area (Å²) >= 11 is 3.03. The van der Waals surface area contributed by atoms with Crippen molar-refractivity contribution in [3.8, 4) is 0 Å². The molecule has 0 bridgehead atoms. The van der Waals surface area contributed by atoms with Crippen LogP contribution in [0.2, 0.25) is 0 Å². The van der Waals surface area contributed by atoms with Gasteiger partial charge in [0.25, 0.3) is 0 Å². The Bertz CT molecular complexity index is 751. The van der Waals surface area contributed by atoms with E-state index in [2.05, 4.69) is 29.6 Å². The Balaban J connectivity index is 2.05. The number of thioether (sulfide) groups is 1. The molecule has 0 unspecified atom stereocenters. The second-order valence-corrected chi connectivity index (χ2v) is 6.93. The van der Waals surface area contributed by atoms with Crippen molar-refractivity contribution in [1.29, 1.82) is 0 Å². The molecule has 0 saturated heterocycles. The first-order valence-corrected chi connectivity index (χ1v) is 8.49. The predicted molar refractivity (Wildman–Crippen MR) is 89.0 cm³/mol. The number of carbonyl (C=O) groups is 1. The number of benzene rings is 2. The molecule has 0 amide bonds. The van der Waals surface area contributed by atoms with E-state index in [9.17, 15) is 4.79 Å². The van der Waals surface area contributed by atoms with Crippen LogP contribution in [0, 0.1) is 0 Å². The number of carbonyl (C=O) groups excluding carboxylic acids is 1. The third kappa shape index (κ3) is 1.81. The second kappa shape index (κ2) is 4.86. The molecule has 0 spiro atoms. The van der Waals surface area contributed by atoms with Crippen molar-refractivity contribution in [3.05, 3.63) is 93.7 Å². The molecule has 0 aliphatic carbocycles. The van der Waals surface area contributed by atoms with Gasteiger partial charge in [-0.3, -0.25) is 4.79 Å². The fourth-order valence-corrected chi connectivity index (χ4v) is 5.29. The summed E-state index contributed by atoms with van der Waals surface area (Å²) in [5.74, 6) is 0. The van der Waals surface area contributed by atoms with E-state index in [1.807, 2.05) is 41.8 Å². The van der Waals surface area contributed by atoms with Crippen molar-refractivity contribution in [2.24, 2.45) is 0 Å². The van der Waals surface area contributed by atoms with Gasteiger partial charge in [0.15, 0.2) is 0 Å². The van der Waals surface area contributed by atoms with Gasteiger partial charge in [-0.1, -0.05) is 72.4 Å². The zero-order valence-corrected chi connectivity index (χ0v) is 12.8. The molecule has 0 atom stereocenters. The first-order valence-electron chi connectivity index (χ1n) is 6.73. The molecule has 0 fully saturated rings. The van der Waals surface area contributed by atoms with Crippen molar-refractivity contribution in [1.82, 2.24) is 0 Å². The maximum Gasteiger partial charge on any atom is 0.222 e. The molecule has 1 aliphatic rings. The minimum absolute atomic E-state index is 0.166. The van der Waals surface area contributed by atoms with Crippen LogP contribution in [-0.2, 0) is 4.75 Å². The van der Waals surface area contributed by atoms with Gasteiger partial charge in [-0.2, -0.15) is 11.3 Å². The number of hydrogen-bond acceptors (Lipinski definition) is 3. The highest BCUT2D eigenvalue weighted by molar-refractivity contribution is 8.15. The lowest BCUT2D eigenvalue weighted by Crippen LogP contribution is -2.22. The smallest absolute Gasteiger partial charge is 0.222 e. The second-order valence-electron chi connectivity index (χ2n) is 5.00. The molecule has 3 aromatic rings. The predicted octanol–water partition coefficient (Wildman–Crippen LogP) is 4.93. The highest BCUT2D eigenvalue weighted by Crippen LogP contribution is 2.56. The molecule has 0 saturated carbocycles. The highest BCUT2D eigenvalue weighted by Gasteiger charge is 2.47. The van der Waals surface area contributed by atoms with Gasteiger partial charge in [-0.25, -0.2) is 0 Å². The Hall–Kier alpha value is -1.84. The van der Waals surface area contributed by atoms with Crippen LogP contribution >= 0.6 is 23.1 Å². The Labute approximate surface area is 131 Å². The largest absolute Gasteiger partial charge is 0.281 e. The summed E-state index contributed by atoms with van der Waals surface area (Å²) in [5, 5.41) is 4.25. The monoisotopic (exact) mass is 308 g/mol. The molecule has 1 aliphatic heterocycles. The van der Waals surface area contributed by atoms with Gasteiger partial charge in [0.05, 0.1) is 0 Å². The lowest BCUT2D eigenvalue weighted by Gasteiger charge is -2.29. The first-order chi connectivity index (χ1) is 10.3. The van der Waals surface area contributed by atoms with Crippen LogP contribution in [-0.4, -0.2) is 5.12 Å². The lowest BCUT2D eigenvalue weighted by molar-refractivity contribution is 0.109. The van der Waals surface area contributed by atoms with Gasteiger partial charge in [0.2, 0.25) is 5.12 Å². The van der Waals surface area contributed by atoms with Crippen molar-refractivity contribution >= 4 is 28.2 Å². The van der Waals surface area contributed by atoms with E-state index in [1.165, 1.54) is 11.8 Å². The van der Waals surface area contributed by atoms with Crippen LogP contribution in [0.25, 0.3) is 0 Å². The summed E-state index contributed by atoms with van der Waals surface area (Å²) in [7, 11) is 0. The van der Waals surface area contributed by atoms with Crippen LogP contribution in [0.1, 0.15) is 27.0 Å². The number of thiophene rings is 1. The molecule has 0 N–H and O–H groups in total. The zero-order chi connectivity index (χ0) is 14.3. The summed E-state index contributed by atoms with van der Waals surface area (Å²) in [5.41, 5.74) is 4.30. The van der Waals surface area contributed by atoms with E-state index in [-0.39, 0.29) is 5.12 Å². The number of rotatable bonds is 2. The SMILES string of the molecule is O=C1SC(c2ccccc2)(c2ccccc2)c2cscc21. The van der Waals surface area contributed by atoms with Crippen LogP contribution in [0.5, 0.6) is 0 Å². The van der Waals surface area contributed by atoms with Gasteiger partial charge < -0.3 is 0 Å². The van der Waals surface area contributed by atoms with Crippen molar-refractivity contribution in [2.75, 3.05) is 0 Å². The molecule has 2 heterocycles. The molecule has 2 aromatic carbocycles. The van der Waals surface area contributed by atoms with Gasteiger partial charge >= 0.3 is 0 Å². The summed E-state index contributed by atoms with van der Waals surface area (Å²) in [4.78, 5) is 12.5. The van der Waals surface area contributed by atoms with Crippen molar-refractivity contribution in [2.45, 2.75) is 4.75 Å². The van der Waals surface area contributed by atoms with E-state index < -0.39 is 4.75 Å². The summed E-state index contributed by atoms with van der Waals surface area (Å²) in [6.45, 7) is 0. The molecule has 0 radical (unpaired) electrons. The number of fused-ring (bicyclic) bond motifs is 1. The average Bonchev–Trinajstić information content (AvgIpc) is 3.13. The van der Waals surface area contributed by atoms with E-state index in [0.29, 0.717) is 0 Å². The van der Waals surface area contributed by atoms with E-state index in [1.54, 1.807) is 11.3 Å². The first kappa shape index (κ1) is 12.9. The third-order valence-electron chi connectivity index (χ3n) is 3.87. The van der Waals surface area contributed by atoms with E-state index in [4.69, 9.17) is 0 Å². The van der Waals surface area contributed by atoms with Crippen molar-refractivity contribution < 1.29 is 4.79 Å². The van der Waals surface area contributed by atoms with E-state index in [0.717, 1.165) is 22.3 Å². The van der Waals surface area contributed by atoms with Gasteiger partial charge in [0.1, 0.15) is 4.75 Å². The summed E-state index contributed by atoms with van der Waals surface area (Å²) < 4.78 is -0.408. The Morgan fingerprint density at radius 3 is 1.90 bits per heavy atom. The Kier molecular flexibility index (Phi) is 2.98. The molecular formula is C18H12OS2. The Morgan fingerprint density at radius 2 is 1.33 bits per heavy atom. The van der Waals surface area contributed by atoms with Crippen molar-refractivity contribution in [3.63, 3.8) is 0 Å². The third-order valence-corrected chi connectivity index (χ3v) is 6.01. The molecule has 1 nitrogen and oxygen atoms in total. The standard InChI is InChI=1S/C18H12OS2/c19-17-15-11-20-12-16(15)18(21-17,13-7-3-1-4-8-13)14-9-5-2-6-10-14/h1-12H. The van der Waals surface area contributed by atoms with Crippen LogP contribution < -0.4 is 0 Å². The van der Waals surface area contributed by atoms with E-state index >= 15 is 0 Å². The quantitative estimate of drug-likeness (QED) is 0.668. The fraction of sp³-hybridized carbons (Fsp3) is 0.0556. The average molecular weight is 308 g/mol. The normalized spacial score (nSPS) is 15.9. The molecule has 102 valence electrons.